The van der Waals surface area contributed by atoms with Crippen LogP contribution in [-0.2, 0) is 21.2 Å². The highest BCUT2D eigenvalue weighted by Gasteiger charge is 2.35. The number of amides is 1. The maximum Gasteiger partial charge on any atom is 0.415 e. The number of aromatic nitrogens is 7. The van der Waals surface area contributed by atoms with Crippen molar-refractivity contribution in [3.05, 3.63) is 60.1 Å². The molecule has 0 saturated heterocycles. The fraction of sp³-hybridized carbons (Fsp3) is 0.192. The van der Waals surface area contributed by atoms with Crippen LogP contribution in [0.5, 0.6) is 5.88 Å². The minimum absolute atomic E-state index is 0.0169. The van der Waals surface area contributed by atoms with E-state index in [4.69, 9.17) is 25.7 Å². The lowest BCUT2D eigenvalue weighted by molar-refractivity contribution is -0.832. The van der Waals surface area contributed by atoms with Crippen LogP contribution in [0.2, 0.25) is 0 Å². The van der Waals surface area contributed by atoms with Crippen LogP contribution in [0.3, 0.4) is 0 Å². The Balaban J connectivity index is 1.06. The Morgan fingerprint density at radius 3 is 2.77 bits per heavy atom. The molecule has 2 aromatic carbocycles. The third-order valence-electron chi connectivity index (χ3n) is 6.53. The Hall–Kier alpha value is -5.78. The number of nitrogens with one attached hydrogen (secondary N) is 1. The molecular formula is C26H24N10O7S. The van der Waals surface area contributed by atoms with Crippen LogP contribution in [0.25, 0.3) is 33.4 Å². The first-order valence-corrected chi connectivity index (χ1v) is 14.6. The summed E-state index contributed by atoms with van der Waals surface area (Å²) < 4.78 is 42.5. The first kappa shape index (κ1) is 28.3. The zero-order chi connectivity index (χ0) is 30.8. The summed E-state index contributed by atoms with van der Waals surface area (Å²) in [7, 11) is -4.25. The van der Waals surface area contributed by atoms with E-state index in [1.165, 1.54) is 30.6 Å². The van der Waals surface area contributed by atoms with Gasteiger partial charge >= 0.3 is 10.9 Å². The van der Waals surface area contributed by atoms with Gasteiger partial charge in [0.2, 0.25) is 5.91 Å². The second-order valence-electron chi connectivity index (χ2n) is 9.42. The van der Waals surface area contributed by atoms with Crippen LogP contribution in [0.4, 0.5) is 11.8 Å². The van der Waals surface area contributed by atoms with Gasteiger partial charge in [-0.1, -0.05) is 18.2 Å². The van der Waals surface area contributed by atoms with Gasteiger partial charge in [0, 0.05) is 18.5 Å². The summed E-state index contributed by atoms with van der Waals surface area (Å²) in [6.07, 6.45) is 1.89. The van der Waals surface area contributed by atoms with E-state index in [1.54, 1.807) is 28.9 Å². The molecule has 18 heteroatoms. The SMILES string of the molecule is Nc1nc2cc(-c3nn(CCCC(=O)NCCOc4no[n+]([O-])c4S(=O)(=O)c4ccccc4)c4ncnc(N)c34)ccc2o1. The Morgan fingerprint density at radius 2 is 1.95 bits per heavy atom. The number of nitrogens with two attached hydrogens (primary N) is 2. The van der Waals surface area contributed by atoms with Crippen LogP contribution in [0.15, 0.2) is 73.8 Å². The van der Waals surface area contributed by atoms with Crippen LogP contribution < -0.4 is 26.4 Å². The monoisotopic (exact) mass is 620 g/mol. The van der Waals surface area contributed by atoms with Crippen molar-refractivity contribution in [2.75, 3.05) is 24.6 Å². The summed E-state index contributed by atoms with van der Waals surface area (Å²) >= 11 is 0. The van der Waals surface area contributed by atoms with Crippen molar-refractivity contribution in [3.63, 3.8) is 0 Å². The number of hydrogen-bond donors (Lipinski definition) is 3. The number of fused-ring (bicyclic) bond motifs is 2. The van der Waals surface area contributed by atoms with Crippen molar-refractivity contribution in [3.8, 4) is 17.1 Å². The molecule has 0 aliphatic rings. The summed E-state index contributed by atoms with van der Waals surface area (Å²) in [6, 6.07) is 12.7. The van der Waals surface area contributed by atoms with E-state index in [-0.39, 0.29) is 47.1 Å². The first-order chi connectivity index (χ1) is 21.2. The lowest BCUT2D eigenvalue weighted by atomic mass is 10.1. The fourth-order valence-corrected chi connectivity index (χ4v) is 5.83. The molecule has 0 fully saturated rings. The lowest BCUT2D eigenvalue weighted by Gasteiger charge is -2.06. The number of carbonyl (C=O) groups is 1. The molecule has 1 amide bonds. The quantitative estimate of drug-likeness (QED) is 0.136. The van der Waals surface area contributed by atoms with Gasteiger partial charge in [-0.3, -0.25) is 9.42 Å². The first-order valence-electron chi connectivity index (χ1n) is 13.1. The number of hydrogen-bond acceptors (Lipinski definition) is 14. The van der Waals surface area contributed by atoms with Crippen LogP contribution >= 0.6 is 0 Å². The molecule has 17 nitrogen and oxygen atoms in total. The second kappa shape index (κ2) is 11.5. The number of ether oxygens (including phenoxy) is 1. The van der Waals surface area contributed by atoms with Gasteiger partial charge in [0.1, 0.15) is 30.0 Å². The number of nitrogen functional groups attached to an aromatic ring is 2. The molecule has 0 atom stereocenters. The normalized spacial score (nSPS) is 11.7. The Kier molecular flexibility index (Phi) is 7.39. The number of carbonyl (C=O) groups excluding carboxylic acids is 1. The number of rotatable bonds is 11. The van der Waals surface area contributed by atoms with Gasteiger partial charge in [0.05, 0.1) is 22.0 Å². The predicted octanol–water partition coefficient (Wildman–Crippen LogP) is 1.23. The summed E-state index contributed by atoms with van der Waals surface area (Å²) in [5, 5.41) is 22.5. The highest BCUT2D eigenvalue weighted by Crippen LogP contribution is 2.32. The number of oxazole rings is 1. The maximum atomic E-state index is 12.8. The number of benzene rings is 2. The van der Waals surface area contributed by atoms with E-state index in [9.17, 15) is 18.4 Å². The molecule has 0 aliphatic carbocycles. The second-order valence-corrected chi connectivity index (χ2v) is 11.3. The third-order valence-corrected chi connectivity index (χ3v) is 8.25. The molecule has 0 radical (unpaired) electrons. The summed E-state index contributed by atoms with van der Waals surface area (Å²) in [5.41, 5.74) is 14.7. The minimum Gasteiger partial charge on any atom is -0.453 e. The molecule has 5 N–H and O–H groups in total. The minimum atomic E-state index is -4.25. The van der Waals surface area contributed by atoms with E-state index in [0.29, 0.717) is 46.4 Å². The van der Waals surface area contributed by atoms with Gasteiger partial charge in [-0.2, -0.15) is 10.1 Å². The molecule has 6 rings (SSSR count). The summed E-state index contributed by atoms with van der Waals surface area (Å²) in [5.74, 6) is -0.542. The van der Waals surface area contributed by atoms with E-state index >= 15 is 0 Å². The fourth-order valence-electron chi connectivity index (χ4n) is 4.54. The Labute approximate surface area is 247 Å². The summed E-state index contributed by atoms with van der Waals surface area (Å²) in [6.45, 7) is 0.197. The number of aryl methyl sites for hydroxylation is 1. The average Bonchev–Trinajstić information content (AvgIpc) is 3.70. The van der Waals surface area contributed by atoms with Crippen LogP contribution in [-0.4, -0.2) is 57.4 Å². The number of anilines is 2. The van der Waals surface area contributed by atoms with Crippen molar-refractivity contribution in [2.45, 2.75) is 29.3 Å². The van der Waals surface area contributed by atoms with Gasteiger partial charge in [-0.25, -0.2) is 23.1 Å². The maximum absolute atomic E-state index is 12.8. The van der Waals surface area contributed by atoms with E-state index in [1.807, 2.05) is 0 Å². The third kappa shape index (κ3) is 5.40. The standard InChI is InChI=1S/C26H24N10O7S/c27-22-20-21(15-8-9-18-17(13-15)32-26(28)42-18)33-35(23(20)31-14-30-22)11-4-7-19(37)29-10-12-41-24-25(36(38)43-34-24)44(39,40)16-5-2-1-3-6-16/h1-3,5-6,8-9,13-14H,4,7,10-12H2,(H2,28,32)(H,29,37)(H2,27,30,31). The smallest absolute Gasteiger partial charge is 0.415 e. The molecule has 0 unspecified atom stereocenters. The average molecular weight is 621 g/mol. The Bertz CT molecular complexity index is 2090. The molecule has 0 saturated carbocycles. The van der Waals surface area contributed by atoms with Gasteiger partial charge in [0.25, 0.3) is 15.9 Å². The highest BCUT2D eigenvalue weighted by molar-refractivity contribution is 7.91. The zero-order valence-electron chi connectivity index (χ0n) is 22.8. The van der Waals surface area contributed by atoms with Gasteiger partial charge in [0.15, 0.2) is 11.2 Å². The van der Waals surface area contributed by atoms with E-state index in [2.05, 4.69) is 30.1 Å². The molecule has 0 bridgehead atoms. The Morgan fingerprint density at radius 1 is 1.14 bits per heavy atom. The van der Waals surface area contributed by atoms with Crippen LogP contribution in [0.1, 0.15) is 12.8 Å². The van der Waals surface area contributed by atoms with Gasteiger partial charge in [-0.05, 0) is 41.7 Å². The summed E-state index contributed by atoms with van der Waals surface area (Å²) in [4.78, 5) is 24.7. The molecule has 6 aromatic rings. The molecule has 226 valence electrons. The van der Waals surface area contributed by atoms with Crippen molar-refractivity contribution in [1.82, 2.24) is 35.2 Å². The van der Waals surface area contributed by atoms with E-state index in [0.717, 1.165) is 0 Å². The van der Waals surface area contributed by atoms with Gasteiger partial charge in [-0.15, -0.1) is 0 Å². The van der Waals surface area contributed by atoms with E-state index < -0.39 is 20.7 Å². The van der Waals surface area contributed by atoms with Crippen molar-refractivity contribution in [1.29, 1.82) is 0 Å². The molecule has 44 heavy (non-hydrogen) atoms. The largest absolute Gasteiger partial charge is 0.453 e. The molecule has 4 heterocycles. The van der Waals surface area contributed by atoms with Crippen molar-refractivity contribution < 1.29 is 31.9 Å². The van der Waals surface area contributed by atoms with Crippen LogP contribution in [0, 0.1) is 5.21 Å². The number of sulfone groups is 1. The molecule has 4 aromatic heterocycles. The topological polar surface area (TPSA) is 247 Å². The number of nitrogens with zero attached hydrogens (tertiary/aromatic N) is 7. The molecule has 0 spiro atoms. The van der Waals surface area contributed by atoms with Crippen molar-refractivity contribution in [2.24, 2.45) is 0 Å². The lowest BCUT2D eigenvalue weighted by Crippen LogP contribution is -2.31. The molecule has 0 aliphatic heterocycles. The molecular weight excluding hydrogens is 596 g/mol. The van der Waals surface area contributed by atoms with Crippen molar-refractivity contribution >= 4 is 49.7 Å². The predicted molar refractivity (Wildman–Crippen MR) is 152 cm³/mol. The highest BCUT2D eigenvalue weighted by atomic mass is 32.2. The van der Waals surface area contributed by atoms with Gasteiger partial charge < -0.3 is 31.1 Å². The zero-order valence-corrected chi connectivity index (χ0v) is 23.6.